The number of rotatable bonds is 8. The molecule has 0 aliphatic carbocycles. The number of nitrogens with one attached hydrogen (secondary N) is 1. The fourth-order valence-electron chi connectivity index (χ4n) is 3.72. The Morgan fingerprint density at radius 2 is 1.88 bits per heavy atom. The van der Waals surface area contributed by atoms with Gasteiger partial charge in [-0.25, -0.2) is 13.1 Å². The van der Waals surface area contributed by atoms with Crippen LogP contribution < -0.4 is 19.2 Å². The summed E-state index contributed by atoms with van der Waals surface area (Å²) in [7, 11) is -2.61. The molecule has 0 radical (unpaired) electrons. The Morgan fingerprint density at radius 1 is 1.09 bits per heavy atom. The number of amides is 1. The predicted molar refractivity (Wildman–Crippen MR) is 130 cm³/mol. The summed E-state index contributed by atoms with van der Waals surface area (Å²) in [4.78, 5) is 20.1. The summed E-state index contributed by atoms with van der Waals surface area (Å²) in [6.45, 7) is 4.17. The molecule has 3 aromatic carbocycles. The van der Waals surface area contributed by atoms with Crippen LogP contribution in [-0.4, -0.2) is 40.7 Å². The lowest BCUT2D eigenvalue weighted by Gasteiger charge is -2.16. The minimum atomic E-state index is -4.04. The van der Waals surface area contributed by atoms with Gasteiger partial charge in [-0.15, -0.1) is 0 Å². The molecule has 1 heterocycles. The number of oxime groups is 1. The lowest BCUT2D eigenvalue weighted by molar-refractivity contribution is 0.0981. The smallest absolute Gasteiger partial charge is 0.265 e. The van der Waals surface area contributed by atoms with E-state index in [0.29, 0.717) is 11.5 Å². The molecule has 0 unspecified atom stereocenters. The molecule has 3 aromatic rings. The Bertz CT molecular complexity index is 1320. The van der Waals surface area contributed by atoms with Gasteiger partial charge in [0.05, 0.1) is 18.2 Å². The van der Waals surface area contributed by atoms with Crippen LogP contribution in [0.3, 0.4) is 0 Å². The molecule has 4 rings (SSSR count). The van der Waals surface area contributed by atoms with Crippen LogP contribution in [0.5, 0.6) is 11.5 Å². The van der Waals surface area contributed by atoms with E-state index in [1.165, 1.54) is 48.7 Å². The van der Waals surface area contributed by atoms with Crippen LogP contribution in [0.1, 0.15) is 28.4 Å². The Morgan fingerprint density at radius 3 is 2.62 bits per heavy atom. The van der Waals surface area contributed by atoms with Gasteiger partial charge in [0.2, 0.25) is 0 Å². The van der Waals surface area contributed by atoms with Gasteiger partial charge in [-0.2, -0.15) is 0 Å². The molecule has 176 valence electrons. The highest BCUT2D eigenvalue weighted by Crippen LogP contribution is 2.28. The summed E-state index contributed by atoms with van der Waals surface area (Å²) < 4.78 is 32.1. The van der Waals surface area contributed by atoms with Crippen molar-refractivity contribution in [3.05, 3.63) is 83.4 Å². The van der Waals surface area contributed by atoms with Crippen molar-refractivity contribution in [3.63, 3.8) is 0 Å². The Kier molecular flexibility index (Phi) is 6.83. The maximum absolute atomic E-state index is 12.5. The summed E-state index contributed by atoms with van der Waals surface area (Å²) in [5.74, 6) is 0.0408. The number of nitrogens with zero attached hydrogens (tertiary/aromatic N) is 2. The highest BCUT2D eigenvalue weighted by atomic mass is 32.2. The van der Waals surface area contributed by atoms with Crippen LogP contribution in [0.15, 0.2) is 76.8 Å². The number of likely N-dealkylation sites (N-methyl/N-ethyl adjacent to an activating group) is 1. The van der Waals surface area contributed by atoms with Gasteiger partial charge in [0.1, 0.15) is 5.75 Å². The number of hydrogen-bond donors (Lipinski definition) is 1. The highest BCUT2D eigenvalue weighted by molar-refractivity contribution is 7.90. The molecule has 0 atom stereocenters. The number of anilines is 1. The van der Waals surface area contributed by atoms with Gasteiger partial charge in [0.15, 0.2) is 5.75 Å². The van der Waals surface area contributed by atoms with Crippen LogP contribution >= 0.6 is 0 Å². The largest absolute Gasteiger partial charge is 0.497 e. The molecule has 0 fully saturated rings. The van der Waals surface area contributed by atoms with Crippen LogP contribution in [0.2, 0.25) is 0 Å². The minimum Gasteiger partial charge on any atom is -0.497 e. The first kappa shape index (κ1) is 23.3. The second kappa shape index (κ2) is 9.96. The molecule has 0 spiro atoms. The van der Waals surface area contributed by atoms with E-state index in [4.69, 9.17) is 9.57 Å². The molecular formula is C25H25N3O5S. The topological polar surface area (TPSA) is 97.3 Å². The number of fused-ring (bicyclic) bond motifs is 1. The van der Waals surface area contributed by atoms with Crippen LogP contribution in [0, 0.1) is 0 Å². The number of carbonyl (C=O) groups excluding carboxylic acids is 1. The molecule has 34 heavy (non-hydrogen) atoms. The lowest BCUT2D eigenvalue weighted by Crippen LogP contribution is -2.30. The summed E-state index contributed by atoms with van der Waals surface area (Å²) in [5, 5.41) is 4.02. The molecule has 1 aliphatic heterocycles. The van der Waals surface area contributed by atoms with Gasteiger partial charge in [-0.3, -0.25) is 4.79 Å². The van der Waals surface area contributed by atoms with Crippen molar-refractivity contribution in [3.8, 4) is 11.5 Å². The van der Waals surface area contributed by atoms with Crippen LogP contribution in [0.25, 0.3) is 0 Å². The second-order valence-corrected chi connectivity index (χ2v) is 9.36. The van der Waals surface area contributed by atoms with Crippen molar-refractivity contribution in [1.82, 2.24) is 4.72 Å². The molecule has 1 aliphatic rings. The van der Waals surface area contributed by atoms with E-state index in [1.54, 1.807) is 24.4 Å². The normalized spacial score (nSPS) is 13.1. The number of benzene rings is 3. The van der Waals surface area contributed by atoms with E-state index >= 15 is 0 Å². The Balaban J connectivity index is 1.37. The summed E-state index contributed by atoms with van der Waals surface area (Å²) in [6, 6.07) is 18.1. The average molecular weight is 480 g/mol. The van der Waals surface area contributed by atoms with E-state index in [0.717, 1.165) is 25.1 Å². The van der Waals surface area contributed by atoms with E-state index < -0.39 is 15.9 Å². The fourth-order valence-corrected chi connectivity index (χ4v) is 4.73. The predicted octanol–water partition coefficient (Wildman–Crippen LogP) is 3.61. The zero-order valence-corrected chi connectivity index (χ0v) is 19.7. The number of ether oxygens (including phenoxy) is 1. The van der Waals surface area contributed by atoms with Gasteiger partial charge < -0.3 is 14.5 Å². The fraction of sp³-hybridized carbons (Fsp3) is 0.200. The van der Waals surface area contributed by atoms with E-state index in [1.807, 2.05) is 6.07 Å². The monoisotopic (exact) mass is 479 g/mol. The van der Waals surface area contributed by atoms with Gasteiger partial charge in [-0.1, -0.05) is 17.3 Å². The Hall–Kier alpha value is -3.85. The quantitative estimate of drug-likeness (QED) is 0.392. The standard InChI is InChI=1S/C25H25N3O5S/c1-3-28-14-13-20-15-18(7-12-24(20)28)17-26-33-21-10-8-19(9-11-21)25(29)27-34(30,31)23-6-4-5-22(16-23)32-2/h4-12,15-17H,3,13-14H2,1-2H3,(H,27,29)/b26-17+. The van der Waals surface area contributed by atoms with E-state index in [9.17, 15) is 13.2 Å². The zero-order chi connectivity index (χ0) is 24.1. The van der Waals surface area contributed by atoms with Crippen molar-refractivity contribution in [1.29, 1.82) is 0 Å². The molecule has 1 N–H and O–H groups in total. The average Bonchev–Trinajstić information content (AvgIpc) is 3.26. The van der Waals surface area contributed by atoms with E-state index in [-0.39, 0.29) is 10.5 Å². The minimum absolute atomic E-state index is 0.0663. The molecule has 8 nitrogen and oxygen atoms in total. The van der Waals surface area contributed by atoms with Gasteiger partial charge in [0.25, 0.3) is 15.9 Å². The molecule has 0 bridgehead atoms. The van der Waals surface area contributed by atoms with Gasteiger partial charge in [-0.05, 0) is 73.0 Å². The zero-order valence-electron chi connectivity index (χ0n) is 18.9. The Labute approximate surface area is 198 Å². The van der Waals surface area contributed by atoms with Gasteiger partial charge >= 0.3 is 0 Å². The third-order valence-electron chi connectivity index (χ3n) is 5.53. The van der Waals surface area contributed by atoms with E-state index in [2.05, 4.69) is 33.8 Å². The van der Waals surface area contributed by atoms with Crippen molar-refractivity contribution >= 4 is 27.8 Å². The molecular weight excluding hydrogens is 454 g/mol. The maximum Gasteiger partial charge on any atom is 0.265 e. The molecule has 0 aromatic heterocycles. The molecule has 0 saturated heterocycles. The third kappa shape index (κ3) is 5.20. The molecule has 9 heteroatoms. The number of carbonyl (C=O) groups is 1. The maximum atomic E-state index is 12.5. The lowest BCUT2D eigenvalue weighted by atomic mass is 10.1. The SMILES string of the molecule is CCN1CCc2cc(/C=N/Oc3ccc(C(=O)NS(=O)(=O)c4cccc(OC)c4)cc3)ccc21. The first-order chi connectivity index (χ1) is 16.4. The van der Waals surface area contributed by atoms with Crippen molar-refractivity contribution in [2.75, 3.05) is 25.1 Å². The first-order valence-electron chi connectivity index (χ1n) is 10.8. The second-order valence-electron chi connectivity index (χ2n) is 7.68. The van der Waals surface area contributed by atoms with Crippen molar-refractivity contribution in [2.24, 2.45) is 5.16 Å². The van der Waals surface area contributed by atoms with Crippen molar-refractivity contribution < 1.29 is 22.8 Å². The number of methoxy groups -OCH3 is 1. The van der Waals surface area contributed by atoms with Crippen molar-refractivity contribution in [2.45, 2.75) is 18.2 Å². The first-order valence-corrected chi connectivity index (χ1v) is 12.3. The van der Waals surface area contributed by atoms with Crippen LogP contribution in [-0.2, 0) is 16.4 Å². The number of hydrogen-bond acceptors (Lipinski definition) is 7. The summed E-state index contributed by atoms with van der Waals surface area (Å²) in [5.41, 5.74) is 3.67. The number of sulfonamides is 1. The van der Waals surface area contributed by atoms with Crippen LogP contribution in [0.4, 0.5) is 5.69 Å². The van der Waals surface area contributed by atoms with Gasteiger partial charge in [0, 0.05) is 30.4 Å². The summed E-state index contributed by atoms with van der Waals surface area (Å²) in [6.07, 6.45) is 2.65. The summed E-state index contributed by atoms with van der Waals surface area (Å²) >= 11 is 0. The molecule has 0 saturated carbocycles. The highest BCUT2D eigenvalue weighted by Gasteiger charge is 2.20. The molecule has 1 amide bonds. The third-order valence-corrected chi connectivity index (χ3v) is 6.86.